The molecule has 1 saturated carbocycles. The lowest BCUT2D eigenvalue weighted by Crippen LogP contribution is -2.32. The number of anilines is 1. The van der Waals surface area contributed by atoms with E-state index in [0.717, 1.165) is 39.8 Å². The number of esters is 1. The standard InChI is InChI=1S/C26H23N5O6S2/c1-39(35,36)31-10-8-20(14-31)24(33)28-13-22(32)30-26-29-21(15-38-26)19-4-2-3-17(11-19)18-7-9-27-23(12-18)37-25(34)16-5-6-16/h2-4,7-12,14-16H,5-6,13H2,1H3,(H,28,33)(H,29,30,32). The SMILES string of the molecule is CS(=O)(=O)n1ccc(C(=O)NCC(=O)Nc2nc(-c3cccc(-c4ccnc(OC(=O)C5CC5)c4)c3)cs2)c1. The first kappa shape index (κ1) is 26.3. The molecule has 0 unspecified atom stereocenters. The van der Waals surface area contributed by atoms with Crippen molar-refractivity contribution in [3.63, 3.8) is 0 Å². The van der Waals surface area contributed by atoms with Crippen molar-refractivity contribution in [2.45, 2.75) is 12.8 Å². The summed E-state index contributed by atoms with van der Waals surface area (Å²) < 4.78 is 29.4. The van der Waals surface area contributed by atoms with Crippen molar-refractivity contribution in [2.24, 2.45) is 5.92 Å². The molecule has 200 valence electrons. The lowest BCUT2D eigenvalue weighted by Gasteiger charge is -2.07. The molecular formula is C26H23N5O6S2. The number of pyridine rings is 1. The summed E-state index contributed by atoms with van der Waals surface area (Å²) in [4.78, 5) is 45.2. The highest BCUT2D eigenvalue weighted by atomic mass is 32.2. The van der Waals surface area contributed by atoms with Crippen molar-refractivity contribution < 1.29 is 27.5 Å². The van der Waals surface area contributed by atoms with E-state index in [0.29, 0.717) is 10.8 Å². The van der Waals surface area contributed by atoms with Crippen molar-refractivity contribution in [1.82, 2.24) is 19.3 Å². The molecule has 0 atom stereocenters. The van der Waals surface area contributed by atoms with Crippen LogP contribution in [0.15, 0.2) is 66.4 Å². The molecule has 0 spiro atoms. The quantitative estimate of drug-likeness (QED) is 0.294. The molecule has 0 saturated heterocycles. The van der Waals surface area contributed by atoms with E-state index in [2.05, 4.69) is 20.6 Å². The van der Waals surface area contributed by atoms with Gasteiger partial charge in [0.2, 0.25) is 21.8 Å². The Morgan fingerprint density at radius 2 is 1.87 bits per heavy atom. The Kier molecular flexibility index (Phi) is 7.26. The number of ether oxygens (including phenoxy) is 1. The van der Waals surface area contributed by atoms with E-state index in [1.165, 1.54) is 29.8 Å². The number of amides is 2. The number of carbonyl (C=O) groups is 3. The summed E-state index contributed by atoms with van der Waals surface area (Å²) in [5.74, 6) is -1.08. The molecule has 5 rings (SSSR count). The van der Waals surface area contributed by atoms with Crippen LogP contribution < -0.4 is 15.4 Å². The number of rotatable bonds is 9. The highest BCUT2D eigenvalue weighted by molar-refractivity contribution is 7.89. The van der Waals surface area contributed by atoms with Gasteiger partial charge in [0, 0.05) is 35.6 Å². The molecule has 4 aromatic rings. The molecule has 0 radical (unpaired) electrons. The number of benzene rings is 1. The molecule has 39 heavy (non-hydrogen) atoms. The van der Waals surface area contributed by atoms with E-state index in [1.54, 1.807) is 17.6 Å². The molecule has 2 amide bonds. The third kappa shape index (κ3) is 6.56. The van der Waals surface area contributed by atoms with Gasteiger partial charge in [-0.15, -0.1) is 11.3 Å². The largest absolute Gasteiger partial charge is 0.407 e. The summed E-state index contributed by atoms with van der Waals surface area (Å²) in [6, 6.07) is 12.5. The monoisotopic (exact) mass is 565 g/mol. The second-order valence-electron chi connectivity index (χ2n) is 8.92. The molecule has 0 bridgehead atoms. The summed E-state index contributed by atoms with van der Waals surface area (Å²) in [5, 5.41) is 7.27. The summed E-state index contributed by atoms with van der Waals surface area (Å²) in [7, 11) is -3.50. The van der Waals surface area contributed by atoms with Crippen LogP contribution in [-0.4, -0.2) is 52.9 Å². The first-order valence-electron chi connectivity index (χ1n) is 11.9. The van der Waals surface area contributed by atoms with Gasteiger partial charge in [0.15, 0.2) is 5.13 Å². The van der Waals surface area contributed by atoms with E-state index in [9.17, 15) is 22.8 Å². The fourth-order valence-electron chi connectivity index (χ4n) is 3.62. The predicted molar refractivity (Wildman–Crippen MR) is 145 cm³/mol. The van der Waals surface area contributed by atoms with E-state index in [4.69, 9.17) is 4.74 Å². The van der Waals surface area contributed by atoms with Gasteiger partial charge in [0.05, 0.1) is 30.0 Å². The fraction of sp³-hybridized carbons (Fsp3) is 0.192. The van der Waals surface area contributed by atoms with Gasteiger partial charge in [-0.05, 0) is 42.2 Å². The average Bonchev–Trinajstić information content (AvgIpc) is 3.45. The molecule has 1 aliphatic carbocycles. The van der Waals surface area contributed by atoms with Crippen LogP contribution in [0, 0.1) is 5.92 Å². The van der Waals surface area contributed by atoms with Crippen molar-refractivity contribution in [3.05, 3.63) is 72.0 Å². The van der Waals surface area contributed by atoms with E-state index >= 15 is 0 Å². The van der Waals surface area contributed by atoms with Crippen LogP contribution in [0.1, 0.15) is 23.2 Å². The minimum atomic E-state index is -3.50. The van der Waals surface area contributed by atoms with E-state index in [1.807, 2.05) is 30.3 Å². The Morgan fingerprint density at radius 1 is 1.10 bits per heavy atom. The summed E-state index contributed by atoms with van der Waals surface area (Å²) in [6.45, 7) is -0.316. The molecule has 1 aromatic carbocycles. The van der Waals surface area contributed by atoms with Gasteiger partial charge in [0.1, 0.15) is 0 Å². The van der Waals surface area contributed by atoms with Crippen LogP contribution in [0.4, 0.5) is 5.13 Å². The van der Waals surface area contributed by atoms with Crippen LogP contribution in [0.2, 0.25) is 0 Å². The van der Waals surface area contributed by atoms with Crippen LogP contribution in [0.25, 0.3) is 22.4 Å². The zero-order valence-electron chi connectivity index (χ0n) is 20.7. The van der Waals surface area contributed by atoms with Crippen molar-refractivity contribution in [1.29, 1.82) is 0 Å². The minimum absolute atomic E-state index is 0.0239. The van der Waals surface area contributed by atoms with Gasteiger partial charge in [-0.1, -0.05) is 18.2 Å². The van der Waals surface area contributed by atoms with Crippen molar-refractivity contribution in [2.75, 3.05) is 18.1 Å². The van der Waals surface area contributed by atoms with Gasteiger partial charge in [-0.25, -0.2) is 18.4 Å². The number of aromatic nitrogens is 3. The zero-order valence-corrected chi connectivity index (χ0v) is 22.3. The van der Waals surface area contributed by atoms with Crippen molar-refractivity contribution >= 4 is 44.3 Å². The summed E-state index contributed by atoms with van der Waals surface area (Å²) >= 11 is 1.24. The summed E-state index contributed by atoms with van der Waals surface area (Å²) in [5.41, 5.74) is 3.30. The van der Waals surface area contributed by atoms with Crippen LogP contribution in [-0.2, 0) is 19.6 Å². The Morgan fingerprint density at radius 3 is 2.62 bits per heavy atom. The average molecular weight is 566 g/mol. The zero-order chi connectivity index (χ0) is 27.6. The highest BCUT2D eigenvalue weighted by Gasteiger charge is 2.32. The molecule has 3 heterocycles. The second kappa shape index (κ2) is 10.8. The number of thiazole rings is 1. The van der Waals surface area contributed by atoms with Crippen molar-refractivity contribution in [3.8, 4) is 28.3 Å². The minimum Gasteiger partial charge on any atom is -0.407 e. The van der Waals surface area contributed by atoms with Gasteiger partial charge < -0.3 is 15.4 Å². The molecule has 2 N–H and O–H groups in total. The van der Waals surface area contributed by atoms with Crippen LogP contribution in [0.3, 0.4) is 0 Å². The van der Waals surface area contributed by atoms with E-state index < -0.39 is 21.8 Å². The fourth-order valence-corrected chi connectivity index (χ4v) is 4.94. The van der Waals surface area contributed by atoms with Crippen LogP contribution in [0.5, 0.6) is 5.88 Å². The van der Waals surface area contributed by atoms with Crippen LogP contribution >= 0.6 is 11.3 Å². The Balaban J connectivity index is 1.20. The Labute approximate surface area is 227 Å². The third-order valence-electron chi connectivity index (χ3n) is 5.81. The molecular weight excluding hydrogens is 542 g/mol. The molecule has 0 aliphatic heterocycles. The number of carbonyl (C=O) groups excluding carboxylic acids is 3. The molecule has 11 nitrogen and oxygen atoms in total. The maximum absolute atomic E-state index is 12.3. The Hall–Kier alpha value is -4.36. The molecule has 13 heteroatoms. The number of nitrogens with one attached hydrogen (secondary N) is 2. The molecule has 1 fully saturated rings. The van der Waals surface area contributed by atoms with Gasteiger partial charge in [0.25, 0.3) is 5.91 Å². The lowest BCUT2D eigenvalue weighted by molar-refractivity contribution is -0.136. The first-order valence-corrected chi connectivity index (χ1v) is 14.6. The maximum Gasteiger partial charge on any atom is 0.315 e. The maximum atomic E-state index is 12.3. The number of nitrogens with zero attached hydrogens (tertiary/aromatic N) is 3. The molecule has 3 aromatic heterocycles. The lowest BCUT2D eigenvalue weighted by atomic mass is 10.0. The van der Waals surface area contributed by atoms with Gasteiger partial charge in [-0.2, -0.15) is 0 Å². The van der Waals surface area contributed by atoms with E-state index in [-0.39, 0.29) is 29.9 Å². The normalized spacial score (nSPS) is 13.1. The van der Waals surface area contributed by atoms with Gasteiger partial charge in [-0.3, -0.25) is 18.4 Å². The third-order valence-corrected chi connectivity index (χ3v) is 7.57. The smallest absolute Gasteiger partial charge is 0.315 e. The first-order chi connectivity index (χ1) is 18.7. The predicted octanol–water partition coefficient (Wildman–Crippen LogP) is 3.17. The second-order valence-corrected chi connectivity index (χ2v) is 11.7. The number of hydrogen-bond acceptors (Lipinski definition) is 9. The Bertz CT molecular complexity index is 1670. The molecule has 1 aliphatic rings. The summed E-state index contributed by atoms with van der Waals surface area (Å²) in [6.07, 6.45) is 6.75. The van der Waals surface area contributed by atoms with Gasteiger partial charge >= 0.3 is 5.97 Å². The number of hydrogen-bond donors (Lipinski definition) is 2. The topological polar surface area (TPSA) is 149 Å². The highest BCUT2D eigenvalue weighted by Crippen LogP contribution is 2.32.